The number of carbonyl (C=O) groups is 1. The van der Waals surface area contributed by atoms with Crippen LogP contribution >= 0.6 is 0 Å². The van der Waals surface area contributed by atoms with Crippen molar-refractivity contribution < 1.29 is 14.6 Å². The van der Waals surface area contributed by atoms with Gasteiger partial charge in [-0.3, -0.25) is 4.79 Å². The van der Waals surface area contributed by atoms with E-state index in [-0.39, 0.29) is 12.5 Å². The van der Waals surface area contributed by atoms with Crippen molar-refractivity contribution in [1.82, 2.24) is 5.32 Å². The van der Waals surface area contributed by atoms with Crippen LogP contribution in [0.5, 0.6) is 0 Å². The molecule has 4 nitrogen and oxygen atoms in total. The van der Waals surface area contributed by atoms with Crippen molar-refractivity contribution in [1.29, 1.82) is 0 Å². The second kappa shape index (κ2) is 8.46. The number of carbonyl (C=O) groups excluding carboxylic acids is 1. The minimum Gasteiger partial charge on any atom is -0.395 e. The molecule has 1 fully saturated rings. The van der Waals surface area contributed by atoms with Gasteiger partial charge in [0.2, 0.25) is 0 Å². The molecule has 0 bridgehead atoms. The lowest BCUT2D eigenvalue weighted by Crippen LogP contribution is -2.26. The molecule has 2 N–H and O–H groups in total. The summed E-state index contributed by atoms with van der Waals surface area (Å²) in [5.41, 5.74) is 1.29. The van der Waals surface area contributed by atoms with Crippen LogP contribution in [0, 0.1) is 17.8 Å². The summed E-state index contributed by atoms with van der Waals surface area (Å²) in [6.45, 7) is 2.33. The van der Waals surface area contributed by atoms with Crippen LogP contribution in [0.4, 0.5) is 0 Å². The van der Waals surface area contributed by atoms with Crippen LogP contribution in [-0.2, 0) is 4.74 Å². The molecule has 0 radical (unpaired) electrons. The van der Waals surface area contributed by atoms with Gasteiger partial charge in [-0.1, -0.05) is 24.0 Å². The molecule has 1 atom stereocenters. The molecular weight excluding hydrogens is 266 g/mol. The van der Waals surface area contributed by atoms with Crippen molar-refractivity contribution in [3.63, 3.8) is 0 Å². The number of rotatable bonds is 5. The SMILES string of the molecule is O=C(NCCC1CCOC1)c1ccccc1C#CCCO. The van der Waals surface area contributed by atoms with E-state index in [9.17, 15) is 4.79 Å². The van der Waals surface area contributed by atoms with Gasteiger partial charge in [0.15, 0.2) is 0 Å². The summed E-state index contributed by atoms with van der Waals surface area (Å²) in [4.78, 5) is 12.2. The molecule has 0 saturated carbocycles. The van der Waals surface area contributed by atoms with Crippen molar-refractivity contribution in [3.8, 4) is 11.8 Å². The third kappa shape index (κ3) is 4.89. The molecule has 1 amide bonds. The Morgan fingerprint density at radius 1 is 1.43 bits per heavy atom. The zero-order valence-corrected chi connectivity index (χ0v) is 12.1. The topological polar surface area (TPSA) is 58.6 Å². The van der Waals surface area contributed by atoms with Crippen LogP contribution < -0.4 is 5.32 Å². The minimum atomic E-state index is -0.0946. The van der Waals surface area contributed by atoms with Gasteiger partial charge in [0.25, 0.3) is 5.91 Å². The Morgan fingerprint density at radius 2 is 2.29 bits per heavy atom. The van der Waals surface area contributed by atoms with Crippen LogP contribution in [0.25, 0.3) is 0 Å². The van der Waals surface area contributed by atoms with Crippen LogP contribution in [-0.4, -0.2) is 37.4 Å². The zero-order chi connectivity index (χ0) is 14.9. The molecule has 1 heterocycles. The first-order valence-corrected chi connectivity index (χ1v) is 7.36. The number of ether oxygens (including phenoxy) is 1. The number of nitrogens with one attached hydrogen (secondary N) is 1. The van der Waals surface area contributed by atoms with E-state index in [0.717, 1.165) is 26.1 Å². The van der Waals surface area contributed by atoms with Crippen molar-refractivity contribution in [3.05, 3.63) is 35.4 Å². The van der Waals surface area contributed by atoms with E-state index in [1.54, 1.807) is 6.07 Å². The Hall–Kier alpha value is -1.83. The molecule has 0 spiro atoms. The maximum Gasteiger partial charge on any atom is 0.252 e. The Balaban J connectivity index is 1.90. The largest absolute Gasteiger partial charge is 0.395 e. The average Bonchev–Trinajstić information content (AvgIpc) is 3.01. The number of amides is 1. The second-order valence-electron chi connectivity index (χ2n) is 5.10. The molecule has 21 heavy (non-hydrogen) atoms. The Labute approximate surface area is 125 Å². The minimum absolute atomic E-state index is 0.0326. The van der Waals surface area contributed by atoms with Crippen LogP contribution in [0.15, 0.2) is 24.3 Å². The molecule has 0 aliphatic carbocycles. The fraction of sp³-hybridized carbons (Fsp3) is 0.471. The Morgan fingerprint density at radius 3 is 3.05 bits per heavy atom. The quantitative estimate of drug-likeness (QED) is 0.808. The van der Waals surface area contributed by atoms with E-state index in [1.807, 2.05) is 18.2 Å². The summed E-state index contributed by atoms with van der Waals surface area (Å²) in [5.74, 6) is 6.25. The lowest BCUT2D eigenvalue weighted by atomic mass is 10.0. The predicted octanol–water partition coefficient (Wildman–Crippen LogP) is 1.58. The maximum atomic E-state index is 12.2. The lowest BCUT2D eigenvalue weighted by molar-refractivity contribution is 0.0950. The maximum absolute atomic E-state index is 12.2. The number of benzene rings is 1. The molecule has 1 aromatic carbocycles. The molecule has 112 valence electrons. The van der Waals surface area contributed by atoms with Crippen LogP contribution in [0.2, 0.25) is 0 Å². The number of aliphatic hydroxyl groups is 1. The van der Waals surface area contributed by atoms with Gasteiger partial charge in [-0.2, -0.15) is 0 Å². The molecule has 0 aromatic heterocycles. The Kier molecular flexibility index (Phi) is 6.26. The van der Waals surface area contributed by atoms with E-state index in [4.69, 9.17) is 9.84 Å². The molecule has 1 unspecified atom stereocenters. The highest BCUT2D eigenvalue weighted by Crippen LogP contribution is 2.15. The average molecular weight is 287 g/mol. The third-order valence-corrected chi connectivity index (χ3v) is 3.49. The van der Waals surface area contributed by atoms with Gasteiger partial charge in [0, 0.05) is 31.7 Å². The fourth-order valence-electron chi connectivity index (χ4n) is 2.30. The van der Waals surface area contributed by atoms with Gasteiger partial charge >= 0.3 is 0 Å². The van der Waals surface area contributed by atoms with Gasteiger partial charge in [0.1, 0.15) is 0 Å². The molecule has 1 saturated heterocycles. The molecule has 1 aliphatic rings. The van der Waals surface area contributed by atoms with Crippen molar-refractivity contribution in [2.24, 2.45) is 5.92 Å². The first-order valence-electron chi connectivity index (χ1n) is 7.36. The highest BCUT2D eigenvalue weighted by atomic mass is 16.5. The van der Waals surface area contributed by atoms with Gasteiger partial charge in [-0.05, 0) is 30.9 Å². The van der Waals surface area contributed by atoms with Crippen LogP contribution in [0.1, 0.15) is 35.2 Å². The molecule has 2 rings (SSSR count). The molecule has 1 aromatic rings. The van der Waals surface area contributed by atoms with E-state index >= 15 is 0 Å². The monoisotopic (exact) mass is 287 g/mol. The van der Waals surface area contributed by atoms with Gasteiger partial charge in [0.05, 0.1) is 12.2 Å². The summed E-state index contributed by atoms with van der Waals surface area (Å²) >= 11 is 0. The normalized spacial score (nSPS) is 17.1. The van der Waals surface area contributed by atoms with Crippen molar-refractivity contribution in [2.45, 2.75) is 19.3 Å². The summed E-state index contributed by atoms with van der Waals surface area (Å²) in [6.07, 6.45) is 2.45. The highest BCUT2D eigenvalue weighted by molar-refractivity contribution is 5.96. The lowest BCUT2D eigenvalue weighted by Gasteiger charge is -2.09. The number of hydrogen-bond acceptors (Lipinski definition) is 3. The number of aliphatic hydroxyl groups excluding tert-OH is 1. The molecule has 1 aliphatic heterocycles. The standard InChI is InChI=1S/C17H21NO3/c19-11-4-3-6-15-5-1-2-7-16(15)17(20)18-10-8-14-9-12-21-13-14/h1-2,5,7,14,19H,4,8-13H2,(H,18,20). The smallest absolute Gasteiger partial charge is 0.252 e. The van der Waals surface area contributed by atoms with Gasteiger partial charge < -0.3 is 15.2 Å². The highest BCUT2D eigenvalue weighted by Gasteiger charge is 2.16. The number of hydrogen-bond donors (Lipinski definition) is 2. The van der Waals surface area contributed by atoms with Gasteiger partial charge in [-0.15, -0.1) is 0 Å². The van der Waals surface area contributed by atoms with Crippen LogP contribution in [0.3, 0.4) is 0 Å². The van der Waals surface area contributed by atoms with E-state index in [1.165, 1.54) is 0 Å². The summed E-state index contributed by atoms with van der Waals surface area (Å²) in [5, 5.41) is 11.7. The van der Waals surface area contributed by atoms with E-state index in [0.29, 0.717) is 30.0 Å². The first kappa shape index (κ1) is 15.6. The van der Waals surface area contributed by atoms with Crippen molar-refractivity contribution in [2.75, 3.05) is 26.4 Å². The zero-order valence-electron chi connectivity index (χ0n) is 12.1. The Bertz CT molecular complexity index is 524. The molecular formula is C17H21NO3. The van der Waals surface area contributed by atoms with E-state index in [2.05, 4.69) is 17.2 Å². The fourth-order valence-corrected chi connectivity index (χ4v) is 2.30. The van der Waals surface area contributed by atoms with Gasteiger partial charge in [-0.25, -0.2) is 0 Å². The summed E-state index contributed by atoms with van der Waals surface area (Å²) < 4.78 is 5.32. The summed E-state index contributed by atoms with van der Waals surface area (Å²) in [7, 11) is 0. The third-order valence-electron chi connectivity index (χ3n) is 3.49. The predicted molar refractivity (Wildman–Crippen MR) is 80.9 cm³/mol. The van der Waals surface area contributed by atoms with Crippen molar-refractivity contribution >= 4 is 5.91 Å². The first-order chi connectivity index (χ1) is 10.3. The summed E-state index contributed by atoms with van der Waals surface area (Å²) in [6, 6.07) is 7.29. The molecule has 4 heteroatoms. The van der Waals surface area contributed by atoms with E-state index < -0.39 is 0 Å². The second-order valence-corrected chi connectivity index (χ2v) is 5.10.